The summed E-state index contributed by atoms with van der Waals surface area (Å²) >= 11 is 3.21. The zero-order chi connectivity index (χ0) is 23.7. The van der Waals surface area contributed by atoms with Crippen LogP contribution in [0.1, 0.15) is 22.6 Å². The summed E-state index contributed by atoms with van der Waals surface area (Å²) in [7, 11) is 0. The average molecular weight is 494 g/mol. The molecule has 0 N–H and O–H groups in total. The maximum absolute atomic E-state index is 12.9. The van der Waals surface area contributed by atoms with Crippen molar-refractivity contribution < 1.29 is 4.79 Å². The number of nitrogens with zero attached hydrogens (tertiary/aromatic N) is 5. The number of aryl methyl sites for hydroxylation is 3. The fourth-order valence-corrected chi connectivity index (χ4v) is 6.09. The van der Waals surface area contributed by atoms with Crippen molar-refractivity contribution in [3.05, 3.63) is 68.5 Å². The summed E-state index contributed by atoms with van der Waals surface area (Å²) in [5, 5.41) is 3.85. The lowest BCUT2D eigenvalue weighted by atomic mass is 10.2. The first kappa shape index (κ1) is 22.9. The molecule has 7 nitrogen and oxygen atoms in total. The molecule has 0 atom stereocenters. The molecule has 1 aromatic carbocycles. The quantitative estimate of drug-likeness (QED) is 0.407. The van der Waals surface area contributed by atoms with Crippen LogP contribution in [0.4, 0.5) is 0 Å². The molecule has 0 aliphatic carbocycles. The van der Waals surface area contributed by atoms with Gasteiger partial charge in [-0.1, -0.05) is 30.3 Å². The second-order valence-electron chi connectivity index (χ2n) is 8.62. The van der Waals surface area contributed by atoms with Crippen molar-refractivity contribution >= 4 is 38.8 Å². The number of benzene rings is 1. The number of carbonyl (C=O) groups excluding carboxylic acids is 1. The van der Waals surface area contributed by atoms with Crippen LogP contribution in [-0.4, -0.2) is 56.4 Å². The molecule has 1 fully saturated rings. The molecule has 1 aliphatic heterocycles. The van der Waals surface area contributed by atoms with Crippen molar-refractivity contribution in [2.75, 3.05) is 26.2 Å². The summed E-state index contributed by atoms with van der Waals surface area (Å²) in [6.07, 6.45) is 1.88. The van der Waals surface area contributed by atoms with Crippen LogP contribution in [0, 0.1) is 13.8 Å². The van der Waals surface area contributed by atoms with E-state index < -0.39 is 0 Å². The monoisotopic (exact) mass is 493 g/mol. The summed E-state index contributed by atoms with van der Waals surface area (Å²) in [6, 6.07) is 10.2. The molecular weight excluding hydrogens is 466 g/mol. The Labute approximate surface area is 206 Å². The Bertz CT molecular complexity index is 1370. The van der Waals surface area contributed by atoms with E-state index >= 15 is 0 Å². The number of fused-ring (bicyclic) bond motifs is 1. The number of rotatable bonds is 6. The van der Waals surface area contributed by atoms with Gasteiger partial charge < -0.3 is 4.90 Å². The molecular formula is C25H27N5O2S2. The lowest BCUT2D eigenvalue weighted by molar-refractivity contribution is -0.133. The number of hydrogen-bond donors (Lipinski definition) is 0. The first-order valence-electron chi connectivity index (χ1n) is 11.4. The predicted molar refractivity (Wildman–Crippen MR) is 137 cm³/mol. The minimum absolute atomic E-state index is 0.0531. The summed E-state index contributed by atoms with van der Waals surface area (Å²) in [6.45, 7) is 8.16. The van der Waals surface area contributed by atoms with Gasteiger partial charge in [0, 0.05) is 61.5 Å². The Hall–Kier alpha value is -2.88. The molecule has 1 aliphatic rings. The van der Waals surface area contributed by atoms with Crippen LogP contribution >= 0.6 is 22.7 Å². The molecule has 9 heteroatoms. The summed E-state index contributed by atoms with van der Waals surface area (Å²) in [4.78, 5) is 41.0. The second-order valence-corrected chi connectivity index (χ2v) is 10.7. The summed E-state index contributed by atoms with van der Waals surface area (Å²) in [5.74, 6) is 0.0879. The van der Waals surface area contributed by atoms with Gasteiger partial charge in [0.1, 0.15) is 9.84 Å². The van der Waals surface area contributed by atoms with Gasteiger partial charge in [0.05, 0.1) is 17.4 Å². The van der Waals surface area contributed by atoms with Crippen LogP contribution < -0.4 is 5.56 Å². The van der Waals surface area contributed by atoms with Crippen molar-refractivity contribution in [3.8, 4) is 10.6 Å². The highest BCUT2D eigenvalue weighted by atomic mass is 32.1. The maximum Gasteiger partial charge on any atom is 0.262 e. The van der Waals surface area contributed by atoms with E-state index in [1.54, 1.807) is 33.6 Å². The molecule has 0 bridgehead atoms. The molecule has 3 aromatic heterocycles. The predicted octanol–water partition coefficient (Wildman–Crippen LogP) is 3.93. The average Bonchev–Trinajstić information content (AvgIpc) is 3.44. The molecule has 4 heterocycles. The van der Waals surface area contributed by atoms with Crippen LogP contribution in [0.3, 0.4) is 0 Å². The van der Waals surface area contributed by atoms with Crippen molar-refractivity contribution in [3.63, 3.8) is 0 Å². The van der Waals surface area contributed by atoms with Gasteiger partial charge in [-0.25, -0.2) is 9.97 Å². The fourth-order valence-electron chi connectivity index (χ4n) is 4.28. The van der Waals surface area contributed by atoms with E-state index in [0.717, 1.165) is 51.2 Å². The zero-order valence-electron chi connectivity index (χ0n) is 19.4. The van der Waals surface area contributed by atoms with E-state index in [0.29, 0.717) is 31.4 Å². The van der Waals surface area contributed by atoms with Gasteiger partial charge in [-0.2, -0.15) is 0 Å². The topological polar surface area (TPSA) is 71.3 Å². The lowest BCUT2D eigenvalue weighted by Gasteiger charge is -2.34. The van der Waals surface area contributed by atoms with Gasteiger partial charge in [0.25, 0.3) is 5.56 Å². The van der Waals surface area contributed by atoms with Crippen LogP contribution in [0.15, 0.2) is 46.8 Å². The minimum Gasteiger partial charge on any atom is -0.340 e. The van der Waals surface area contributed by atoms with E-state index in [1.165, 1.54) is 0 Å². The van der Waals surface area contributed by atoms with Gasteiger partial charge in [-0.15, -0.1) is 22.7 Å². The molecule has 0 radical (unpaired) electrons. The third-order valence-corrected chi connectivity index (χ3v) is 8.46. The van der Waals surface area contributed by atoms with Gasteiger partial charge in [0.15, 0.2) is 0 Å². The number of aromatic nitrogens is 3. The Morgan fingerprint density at radius 1 is 1.09 bits per heavy atom. The highest BCUT2D eigenvalue weighted by molar-refractivity contribution is 7.18. The van der Waals surface area contributed by atoms with E-state index in [1.807, 2.05) is 36.9 Å². The molecule has 1 saturated heterocycles. The Morgan fingerprint density at radius 2 is 1.85 bits per heavy atom. The molecule has 4 aromatic rings. The number of thiazole rings is 1. The molecule has 0 saturated carbocycles. The highest BCUT2D eigenvalue weighted by Crippen LogP contribution is 2.26. The number of amides is 1. The van der Waals surface area contributed by atoms with Crippen molar-refractivity contribution in [1.29, 1.82) is 0 Å². The molecule has 1 amide bonds. The molecule has 5 rings (SSSR count). The SMILES string of the molecule is Cc1sc2ncn(CCC(=O)N3CCN(Cc4csc(-c5ccccc5)n4)CC3)c(=O)c2c1C. The Morgan fingerprint density at radius 3 is 2.62 bits per heavy atom. The van der Waals surface area contributed by atoms with Gasteiger partial charge in [-0.05, 0) is 19.4 Å². The smallest absolute Gasteiger partial charge is 0.262 e. The third-order valence-electron chi connectivity index (χ3n) is 6.41. The summed E-state index contributed by atoms with van der Waals surface area (Å²) in [5.41, 5.74) is 3.16. The van der Waals surface area contributed by atoms with Crippen molar-refractivity contribution in [1.82, 2.24) is 24.3 Å². The zero-order valence-corrected chi connectivity index (χ0v) is 21.0. The molecule has 176 valence electrons. The largest absolute Gasteiger partial charge is 0.340 e. The van der Waals surface area contributed by atoms with E-state index in [-0.39, 0.29) is 11.5 Å². The van der Waals surface area contributed by atoms with E-state index in [4.69, 9.17) is 4.98 Å². The fraction of sp³-hybridized carbons (Fsp3) is 0.360. The number of thiophene rings is 1. The molecule has 0 spiro atoms. The number of carbonyl (C=O) groups is 1. The third kappa shape index (κ3) is 4.68. The van der Waals surface area contributed by atoms with Crippen molar-refractivity contribution in [2.45, 2.75) is 33.4 Å². The second kappa shape index (κ2) is 9.77. The van der Waals surface area contributed by atoms with E-state index in [9.17, 15) is 9.59 Å². The maximum atomic E-state index is 12.9. The minimum atomic E-state index is -0.0531. The Kier molecular flexibility index (Phi) is 6.58. The van der Waals surface area contributed by atoms with Gasteiger partial charge >= 0.3 is 0 Å². The van der Waals surface area contributed by atoms with E-state index in [2.05, 4.69) is 27.4 Å². The normalized spacial score (nSPS) is 14.7. The van der Waals surface area contributed by atoms with Crippen LogP contribution in [-0.2, 0) is 17.9 Å². The van der Waals surface area contributed by atoms with Crippen LogP contribution in [0.2, 0.25) is 0 Å². The number of hydrogen-bond acceptors (Lipinski definition) is 7. The highest BCUT2D eigenvalue weighted by Gasteiger charge is 2.22. The van der Waals surface area contributed by atoms with Crippen LogP contribution in [0.5, 0.6) is 0 Å². The lowest BCUT2D eigenvalue weighted by Crippen LogP contribution is -2.48. The first-order valence-corrected chi connectivity index (χ1v) is 13.1. The summed E-state index contributed by atoms with van der Waals surface area (Å²) < 4.78 is 1.57. The Balaban J connectivity index is 1.14. The van der Waals surface area contributed by atoms with Crippen LogP contribution in [0.25, 0.3) is 20.8 Å². The van der Waals surface area contributed by atoms with Gasteiger partial charge in [0.2, 0.25) is 5.91 Å². The molecule has 0 unspecified atom stereocenters. The first-order chi connectivity index (χ1) is 16.5. The number of piperazine rings is 1. The van der Waals surface area contributed by atoms with Crippen molar-refractivity contribution in [2.24, 2.45) is 0 Å². The standard InChI is InChI=1S/C25H27N5O2S2/c1-17-18(2)34-24-22(17)25(32)30(16-26-24)9-8-21(31)29-12-10-28(11-13-29)14-20-15-33-23(27-20)19-6-4-3-5-7-19/h3-7,15-16H,8-14H2,1-2H3. The molecule has 34 heavy (non-hydrogen) atoms. The van der Waals surface area contributed by atoms with Gasteiger partial charge in [-0.3, -0.25) is 19.1 Å².